The molecule has 2 heterocycles. The van der Waals surface area contributed by atoms with E-state index in [1.165, 1.54) is 32.2 Å². The summed E-state index contributed by atoms with van der Waals surface area (Å²) in [6.07, 6.45) is 9.06. The van der Waals surface area contributed by atoms with Crippen LogP contribution in [-0.2, 0) is 6.54 Å². The van der Waals surface area contributed by atoms with Crippen molar-refractivity contribution in [1.29, 1.82) is 0 Å². The molecule has 1 fully saturated rings. The van der Waals surface area contributed by atoms with Gasteiger partial charge in [0.15, 0.2) is 0 Å². The third kappa shape index (κ3) is 3.05. The first-order chi connectivity index (χ1) is 8.86. The number of unbranched alkanes of at least 4 members (excludes halogenated alkanes) is 1. The number of nitrogens with one attached hydrogen (secondary N) is 1. The normalized spacial score (nSPS) is 20.0. The van der Waals surface area contributed by atoms with Crippen LogP contribution >= 0.6 is 0 Å². The van der Waals surface area contributed by atoms with E-state index < -0.39 is 0 Å². The summed E-state index contributed by atoms with van der Waals surface area (Å²) in [5.41, 5.74) is 0. The zero-order valence-corrected chi connectivity index (χ0v) is 11.7. The lowest BCUT2D eigenvalue weighted by Gasteiger charge is -2.35. The van der Waals surface area contributed by atoms with Crippen molar-refractivity contribution < 1.29 is 0 Å². The number of hydrogen-bond acceptors (Lipinski definition) is 3. The molecular weight excluding hydrogens is 224 g/mol. The van der Waals surface area contributed by atoms with Crippen LogP contribution in [0.4, 0.5) is 5.95 Å². The first-order valence-electron chi connectivity index (χ1n) is 7.35. The van der Waals surface area contributed by atoms with E-state index in [2.05, 4.69) is 39.8 Å². The molecule has 2 rings (SSSR count). The van der Waals surface area contributed by atoms with Gasteiger partial charge in [-0.15, -0.1) is 0 Å². The molecule has 0 spiro atoms. The van der Waals surface area contributed by atoms with Crippen LogP contribution in [0.1, 0.15) is 39.5 Å². The lowest BCUT2D eigenvalue weighted by atomic mass is 10.1. The molecule has 1 N–H and O–H groups in total. The highest BCUT2D eigenvalue weighted by Gasteiger charge is 2.22. The molecule has 0 aliphatic carbocycles. The van der Waals surface area contributed by atoms with Crippen molar-refractivity contribution in [2.75, 3.05) is 24.5 Å². The van der Waals surface area contributed by atoms with Gasteiger partial charge in [-0.1, -0.05) is 13.3 Å². The summed E-state index contributed by atoms with van der Waals surface area (Å²) in [4.78, 5) is 7.04. The van der Waals surface area contributed by atoms with Crippen LogP contribution in [0.3, 0.4) is 0 Å². The van der Waals surface area contributed by atoms with Crippen molar-refractivity contribution >= 4 is 5.95 Å². The van der Waals surface area contributed by atoms with Crippen LogP contribution in [-0.4, -0.2) is 35.2 Å². The molecule has 102 valence electrons. The Balaban J connectivity index is 2.08. The highest BCUT2D eigenvalue weighted by molar-refractivity contribution is 5.33. The van der Waals surface area contributed by atoms with Crippen molar-refractivity contribution in [3.05, 3.63) is 12.4 Å². The van der Waals surface area contributed by atoms with E-state index in [4.69, 9.17) is 0 Å². The summed E-state index contributed by atoms with van der Waals surface area (Å²) in [6.45, 7) is 8.84. The van der Waals surface area contributed by atoms with Crippen LogP contribution in [0.15, 0.2) is 12.4 Å². The fourth-order valence-electron chi connectivity index (χ4n) is 2.73. The van der Waals surface area contributed by atoms with Crippen LogP contribution in [0.25, 0.3) is 0 Å². The Labute approximate surface area is 110 Å². The number of likely N-dealkylation sites (N-methyl/N-ethyl adjacent to an activating group) is 1. The van der Waals surface area contributed by atoms with Crippen molar-refractivity contribution in [1.82, 2.24) is 14.9 Å². The Bertz CT molecular complexity index is 341. The third-order valence-corrected chi connectivity index (χ3v) is 3.76. The zero-order valence-electron chi connectivity index (χ0n) is 11.7. The second kappa shape index (κ2) is 6.78. The van der Waals surface area contributed by atoms with Crippen LogP contribution in [0.5, 0.6) is 0 Å². The Morgan fingerprint density at radius 2 is 2.39 bits per heavy atom. The summed E-state index contributed by atoms with van der Waals surface area (Å²) in [5.74, 6) is 1.15. The minimum Gasteiger partial charge on any atom is -0.338 e. The number of imidazole rings is 1. The van der Waals surface area contributed by atoms with Gasteiger partial charge < -0.3 is 14.8 Å². The van der Waals surface area contributed by atoms with Gasteiger partial charge in [0.1, 0.15) is 0 Å². The number of aryl methyl sites for hydroxylation is 1. The molecule has 0 radical (unpaired) electrons. The first kappa shape index (κ1) is 13.4. The molecule has 1 aromatic rings. The Morgan fingerprint density at radius 1 is 1.50 bits per heavy atom. The molecule has 18 heavy (non-hydrogen) atoms. The second-order valence-electron chi connectivity index (χ2n) is 5.06. The van der Waals surface area contributed by atoms with Crippen LogP contribution in [0.2, 0.25) is 0 Å². The molecule has 0 saturated carbocycles. The average molecular weight is 250 g/mol. The molecule has 1 aliphatic heterocycles. The zero-order chi connectivity index (χ0) is 12.8. The molecule has 4 heteroatoms. The number of aromatic nitrogens is 2. The first-order valence-corrected chi connectivity index (χ1v) is 7.35. The van der Waals surface area contributed by atoms with E-state index in [0.29, 0.717) is 6.04 Å². The third-order valence-electron chi connectivity index (χ3n) is 3.76. The second-order valence-corrected chi connectivity index (χ2v) is 5.06. The molecule has 1 aromatic heterocycles. The average Bonchev–Trinajstić information content (AvgIpc) is 2.87. The Kier molecular flexibility index (Phi) is 5.05. The van der Waals surface area contributed by atoms with E-state index in [1.54, 1.807) is 0 Å². The van der Waals surface area contributed by atoms with E-state index >= 15 is 0 Å². The summed E-state index contributed by atoms with van der Waals surface area (Å²) < 4.78 is 2.31. The minimum absolute atomic E-state index is 0.603. The van der Waals surface area contributed by atoms with E-state index in [0.717, 1.165) is 25.6 Å². The molecule has 0 amide bonds. The molecule has 1 atom stereocenters. The summed E-state index contributed by atoms with van der Waals surface area (Å²) in [5, 5.41) is 3.50. The molecular formula is C14H26N4. The summed E-state index contributed by atoms with van der Waals surface area (Å²) in [7, 11) is 0. The number of piperidine rings is 1. The Hall–Kier alpha value is -1.03. The van der Waals surface area contributed by atoms with Gasteiger partial charge in [0, 0.05) is 38.1 Å². The van der Waals surface area contributed by atoms with Gasteiger partial charge in [-0.05, 0) is 32.7 Å². The molecule has 4 nitrogen and oxygen atoms in total. The van der Waals surface area contributed by atoms with Crippen molar-refractivity contribution in [3.8, 4) is 0 Å². The van der Waals surface area contributed by atoms with Gasteiger partial charge in [0.25, 0.3) is 0 Å². The Morgan fingerprint density at radius 3 is 3.06 bits per heavy atom. The standard InChI is InChI=1S/C14H26N4/c1-3-5-10-17-11-9-16-14(17)18(4-2)13-7-6-8-15-12-13/h9,11,13,15H,3-8,10,12H2,1-2H3. The number of nitrogens with zero attached hydrogens (tertiary/aromatic N) is 3. The molecule has 1 unspecified atom stereocenters. The van der Waals surface area contributed by atoms with E-state index in [9.17, 15) is 0 Å². The predicted molar refractivity (Wildman–Crippen MR) is 76.0 cm³/mol. The van der Waals surface area contributed by atoms with Crippen LogP contribution < -0.4 is 10.2 Å². The fraction of sp³-hybridized carbons (Fsp3) is 0.786. The maximum absolute atomic E-state index is 4.58. The molecule has 0 aromatic carbocycles. The van der Waals surface area contributed by atoms with Crippen molar-refractivity contribution in [2.24, 2.45) is 0 Å². The SMILES string of the molecule is CCCCn1ccnc1N(CC)C1CCCNC1. The quantitative estimate of drug-likeness (QED) is 0.840. The van der Waals surface area contributed by atoms with Crippen molar-refractivity contribution in [2.45, 2.75) is 52.1 Å². The largest absolute Gasteiger partial charge is 0.338 e. The molecule has 1 saturated heterocycles. The lowest BCUT2D eigenvalue weighted by Crippen LogP contribution is -2.47. The van der Waals surface area contributed by atoms with Gasteiger partial charge in [-0.2, -0.15) is 0 Å². The highest BCUT2D eigenvalue weighted by atomic mass is 15.3. The lowest BCUT2D eigenvalue weighted by molar-refractivity contribution is 0.426. The number of anilines is 1. The maximum Gasteiger partial charge on any atom is 0.205 e. The number of rotatable bonds is 6. The van der Waals surface area contributed by atoms with Gasteiger partial charge >= 0.3 is 0 Å². The highest BCUT2D eigenvalue weighted by Crippen LogP contribution is 2.19. The topological polar surface area (TPSA) is 33.1 Å². The number of hydrogen-bond donors (Lipinski definition) is 1. The fourth-order valence-corrected chi connectivity index (χ4v) is 2.73. The van der Waals surface area contributed by atoms with Gasteiger partial charge in [0.2, 0.25) is 5.95 Å². The summed E-state index contributed by atoms with van der Waals surface area (Å²) in [6, 6.07) is 0.603. The van der Waals surface area contributed by atoms with Crippen LogP contribution in [0, 0.1) is 0 Å². The van der Waals surface area contributed by atoms with Crippen molar-refractivity contribution in [3.63, 3.8) is 0 Å². The van der Waals surface area contributed by atoms with Gasteiger partial charge in [-0.25, -0.2) is 4.98 Å². The van der Waals surface area contributed by atoms with Gasteiger partial charge in [0.05, 0.1) is 0 Å². The maximum atomic E-state index is 4.58. The smallest absolute Gasteiger partial charge is 0.205 e. The molecule has 0 bridgehead atoms. The molecule has 1 aliphatic rings. The van der Waals surface area contributed by atoms with E-state index in [1.807, 2.05) is 6.20 Å². The summed E-state index contributed by atoms with van der Waals surface area (Å²) >= 11 is 0. The predicted octanol–water partition coefficient (Wildman–Crippen LogP) is 2.26. The minimum atomic E-state index is 0.603. The van der Waals surface area contributed by atoms with E-state index in [-0.39, 0.29) is 0 Å². The monoisotopic (exact) mass is 250 g/mol. The van der Waals surface area contributed by atoms with Gasteiger partial charge in [-0.3, -0.25) is 0 Å².